The second kappa shape index (κ2) is 11.9. The number of halogens is 6. The molecule has 2 aromatic carbocycles. The van der Waals surface area contributed by atoms with Gasteiger partial charge in [0.15, 0.2) is 12.4 Å². The minimum absolute atomic E-state index is 0.00972. The van der Waals surface area contributed by atoms with Gasteiger partial charge in [0.2, 0.25) is 0 Å². The largest absolute Gasteiger partial charge is 0.487 e. The van der Waals surface area contributed by atoms with Crippen LogP contribution in [0.4, 0.5) is 26.3 Å². The summed E-state index contributed by atoms with van der Waals surface area (Å²) >= 11 is 0. The summed E-state index contributed by atoms with van der Waals surface area (Å²) in [5.41, 5.74) is -2.42. The molecule has 0 saturated heterocycles. The molecule has 206 valence electrons. The molecule has 3 aromatic rings. The van der Waals surface area contributed by atoms with Gasteiger partial charge in [-0.1, -0.05) is 6.07 Å². The van der Waals surface area contributed by atoms with Crippen molar-refractivity contribution in [2.45, 2.75) is 43.5 Å². The summed E-state index contributed by atoms with van der Waals surface area (Å²) in [6, 6.07) is 4.70. The van der Waals surface area contributed by atoms with Crippen molar-refractivity contribution in [1.82, 2.24) is 20.1 Å². The first kappa shape index (κ1) is 29.1. The lowest BCUT2D eigenvalue weighted by Crippen LogP contribution is -2.55. The number of hydrogen-bond donors (Lipinski definition) is 3. The van der Waals surface area contributed by atoms with Gasteiger partial charge in [-0.3, -0.25) is 10.1 Å². The zero-order valence-corrected chi connectivity index (χ0v) is 19.9. The van der Waals surface area contributed by atoms with Crippen LogP contribution in [0.5, 0.6) is 5.75 Å². The predicted molar refractivity (Wildman–Crippen MR) is 121 cm³/mol. The van der Waals surface area contributed by atoms with Crippen LogP contribution in [0.3, 0.4) is 0 Å². The molecule has 0 aliphatic rings. The monoisotopic (exact) mass is 546 g/mol. The predicted octanol–water partition coefficient (Wildman–Crippen LogP) is 2.95. The Balaban J connectivity index is 1.79. The smallest absolute Gasteiger partial charge is 0.340 e. The number of carbonyl (C=O) groups is 1. The van der Waals surface area contributed by atoms with Crippen LogP contribution >= 0.6 is 0 Å². The number of Topliss-reactive ketones (excluding diaryl/α,β-unsaturated/α-hetero) is 1. The minimum Gasteiger partial charge on any atom is -0.487 e. The first-order valence-electron chi connectivity index (χ1n) is 11.2. The summed E-state index contributed by atoms with van der Waals surface area (Å²) in [6.45, 7) is -1.27. The molecular weight excluding hydrogens is 522 g/mol. The molecule has 0 bridgehead atoms. The minimum atomic E-state index is -4.36. The molecule has 0 spiro atoms. The average molecular weight is 546 g/mol. The lowest BCUT2D eigenvalue weighted by molar-refractivity contribution is -0.148. The van der Waals surface area contributed by atoms with Crippen molar-refractivity contribution < 1.29 is 46.1 Å². The summed E-state index contributed by atoms with van der Waals surface area (Å²) in [6.07, 6.45) is -1.47. The fraction of sp³-hybridized carbons (Fsp3) is 0.375. The van der Waals surface area contributed by atoms with Crippen LogP contribution in [-0.4, -0.2) is 68.4 Å². The van der Waals surface area contributed by atoms with Gasteiger partial charge in [0.05, 0.1) is 19.2 Å². The Morgan fingerprint density at radius 2 is 1.84 bits per heavy atom. The maximum absolute atomic E-state index is 14.7. The number of nitrogens with one attached hydrogen (secondary N) is 1. The Morgan fingerprint density at radius 1 is 1.16 bits per heavy atom. The highest BCUT2D eigenvalue weighted by Crippen LogP contribution is 2.31. The maximum Gasteiger partial charge on any atom is 0.340 e. The Bertz CT molecular complexity index is 1210. The van der Waals surface area contributed by atoms with Gasteiger partial charge < -0.3 is 14.9 Å². The van der Waals surface area contributed by atoms with E-state index in [0.29, 0.717) is 6.07 Å². The van der Waals surface area contributed by atoms with Crippen molar-refractivity contribution in [1.29, 1.82) is 0 Å². The van der Waals surface area contributed by atoms with Crippen molar-refractivity contribution in [2.75, 3.05) is 13.2 Å². The first-order chi connectivity index (χ1) is 17.9. The van der Waals surface area contributed by atoms with Crippen LogP contribution in [0.15, 0.2) is 55.1 Å². The molecule has 3 rings (SSSR count). The lowest BCUT2D eigenvalue weighted by atomic mass is 9.85. The molecule has 8 nitrogen and oxygen atoms in total. The second-order valence-electron chi connectivity index (χ2n) is 8.50. The van der Waals surface area contributed by atoms with Gasteiger partial charge in [0.25, 0.3) is 0 Å². The van der Waals surface area contributed by atoms with Gasteiger partial charge in [-0.2, -0.15) is 13.9 Å². The average Bonchev–Trinajstić information content (AvgIpc) is 3.38. The molecule has 3 N–H and O–H groups in total. The Hall–Kier alpha value is -3.49. The third-order valence-electron chi connectivity index (χ3n) is 5.82. The van der Waals surface area contributed by atoms with Gasteiger partial charge in [0, 0.05) is 23.2 Å². The quantitative estimate of drug-likeness (QED) is 0.224. The Labute approximate surface area is 212 Å². The van der Waals surface area contributed by atoms with Gasteiger partial charge in [-0.25, -0.2) is 27.2 Å². The van der Waals surface area contributed by atoms with Gasteiger partial charge in [-0.15, -0.1) is 0 Å². The molecule has 0 aliphatic carbocycles. The standard InChI is InChI=1S/C24H24F6N4O4/c1-14(23(37,10-34-13-31-12-32-34)18-7-4-16(25)8-19(18)26)33-20(9-35)21(36)15-2-5-17(6-3-15)38-11-24(29,30)22(27)28/h2-8,12-14,20,22,33,35,37H,9-11H2,1H3/t14-,20-,23-/m1/s1. The summed E-state index contributed by atoms with van der Waals surface area (Å²) < 4.78 is 84.8. The molecule has 0 radical (unpaired) electrons. The van der Waals surface area contributed by atoms with Crippen molar-refractivity contribution >= 4 is 5.78 Å². The molecule has 0 saturated carbocycles. The zero-order valence-electron chi connectivity index (χ0n) is 19.9. The molecule has 0 aliphatic heterocycles. The van der Waals surface area contributed by atoms with Crippen LogP contribution in [0, 0.1) is 11.6 Å². The molecule has 14 heteroatoms. The number of benzene rings is 2. The maximum atomic E-state index is 14.7. The van der Waals surface area contributed by atoms with Crippen LogP contribution in [0.2, 0.25) is 0 Å². The third-order valence-corrected chi connectivity index (χ3v) is 5.82. The van der Waals surface area contributed by atoms with Crippen LogP contribution < -0.4 is 10.1 Å². The number of ketones is 1. The van der Waals surface area contributed by atoms with Crippen LogP contribution in [0.25, 0.3) is 0 Å². The molecule has 0 unspecified atom stereocenters. The van der Waals surface area contributed by atoms with E-state index in [0.717, 1.165) is 24.3 Å². The fourth-order valence-corrected chi connectivity index (χ4v) is 3.67. The lowest BCUT2D eigenvalue weighted by Gasteiger charge is -2.37. The number of carbonyl (C=O) groups excluding carboxylic acids is 1. The van der Waals surface area contributed by atoms with E-state index in [-0.39, 0.29) is 23.4 Å². The number of alkyl halides is 4. The van der Waals surface area contributed by atoms with Gasteiger partial charge in [-0.05, 0) is 37.3 Å². The zero-order chi connectivity index (χ0) is 28.1. The molecule has 1 heterocycles. The number of aromatic nitrogens is 3. The highest BCUT2D eigenvalue weighted by atomic mass is 19.3. The third kappa shape index (κ3) is 6.68. The van der Waals surface area contributed by atoms with E-state index in [2.05, 4.69) is 20.1 Å². The van der Waals surface area contributed by atoms with E-state index in [1.165, 1.54) is 36.4 Å². The Kier molecular flexibility index (Phi) is 9.12. The fourth-order valence-electron chi connectivity index (χ4n) is 3.67. The SMILES string of the molecule is C[C@@H](N[C@H](CO)C(=O)c1ccc(OCC(F)(F)C(F)F)cc1)[C@](O)(Cn1cncn1)c1ccc(F)cc1F. The van der Waals surface area contributed by atoms with Crippen molar-refractivity contribution in [3.05, 3.63) is 77.9 Å². The van der Waals surface area contributed by atoms with Crippen molar-refractivity contribution in [3.63, 3.8) is 0 Å². The van der Waals surface area contributed by atoms with E-state index in [9.17, 15) is 41.4 Å². The number of nitrogens with zero attached hydrogens (tertiary/aromatic N) is 3. The number of rotatable bonds is 13. The van der Waals surface area contributed by atoms with Gasteiger partial charge in [0.1, 0.15) is 35.6 Å². The van der Waals surface area contributed by atoms with E-state index in [1.54, 1.807) is 0 Å². The molecule has 0 fully saturated rings. The number of hydrogen-bond acceptors (Lipinski definition) is 7. The summed E-state index contributed by atoms with van der Waals surface area (Å²) in [7, 11) is 0. The summed E-state index contributed by atoms with van der Waals surface area (Å²) in [5.74, 6) is -7.17. The molecule has 3 atom stereocenters. The van der Waals surface area contributed by atoms with Crippen molar-refractivity contribution in [2.24, 2.45) is 0 Å². The van der Waals surface area contributed by atoms with E-state index >= 15 is 0 Å². The normalized spacial score (nSPS) is 15.2. The molecule has 0 amide bonds. The van der Waals surface area contributed by atoms with Gasteiger partial charge >= 0.3 is 12.3 Å². The summed E-state index contributed by atoms with van der Waals surface area (Å²) in [4.78, 5) is 16.8. The van der Waals surface area contributed by atoms with Crippen LogP contribution in [-0.2, 0) is 12.1 Å². The summed E-state index contributed by atoms with van der Waals surface area (Å²) in [5, 5.41) is 28.1. The van der Waals surface area contributed by atoms with E-state index in [1.807, 2.05) is 0 Å². The molecular formula is C24H24F6N4O4. The van der Waals surface area contributed by atoms with E-state index < -0.39 is 60.7 Å². The molecule has 38 heavy (non-hydrogen) atoms. The second-order valence-corrected chi connectivity index (χ2v) is 8.50. The number of aliphatic hydroxyl groups is 2. The topological polar surface area (TPSA) is 110 Å². The van der Waals surface area contributed by atoms with E-state index in [4.69, 9.17) is 0 Å². The first-order valence-corrected chi connectivity index (χ1v) is 11.2. The highest BCUT2D eigenvalue weighted by Gasteiger charge is 2.42. The number of aliphatic hydroxyl groups excluding tert-OH is 1. The highest BCUT2D eigenvalue weighted by molar-refractivity contribution is 6.00. The Morgan fingerprint density at radius 3 is 2.39 bits per heavy atom. The van der Waals surface area contributed by atoms with Crippen molar-refractivity contribution in [3.8, 4) is 5.75 Å². The van der Waals surface area contributed by atoms with Crippen LogP contribution in [0.1, 0.15) is 22.8 Å². The molecule has 1 aromatic heterocycles. The number of ether oxygens (including phenoxy) is 1.